The van der Waals surface area contributed by atoms with Crippen molar-refractivity contribution in [3.63, 3.8) is 0 Å². The zero-order chi connectivity index (χ0) is 14.7. The van der Waals surface area contributed by atoms with E-state index in [-0.39, 0.29) is 0 Å². The Morgan fingerprint density at radius 2 is 1.81 bits per heavy atom. The van der Waals surface area contributed by atoms with Crippen molar-refractivity contribution in [2.45, 2.75) is 19.8 Å². The molecule has 0 spiro atoms. The third kappa shape index (κ3) is 2.73. The summed E-state index contributed by atoms with van der Waals surface area (Å²) in [5.74, 6) is 5.69. The Bertz CT molecular complexity index is 751. The molecule has 0 bridgehead atoms. The second-order valence-corrected chi connectivity index (χ2v) is 5.15. The van der Waals surface area contributed by atoms with Gasteiger partial charge in [-0.15, -0.1) is 0 Å². The van der Waals surface area contributed by atoms with E-state index in [1.54, 1.807) is 0 Å². The van der Waals surface area contributed by atoms with E-state index in [2.05, 4.69) is 42.7 Å². The number of fused-ring (bicyclic) bond motifs is 1. The molecule has 0 saturated heterocycles. The van der Waals surface area contributed by atoms with Crippen LogP contribution in [0, 0.1) is 0 Å². The SMILES string of the molecule is CCCc1cc(NN)c2cc(-c3ccccc3)ccc2n1. The standard InChI is InChI=1S/C18H19N3/c1-2-6-15-12-18(21-19)16-11-14(9-10-17(16)20-15)13-7-4-3-5-8-13/h3-5,7-12H,2,6,19H2,1H3,(H,20,21). The molecule has 2 aromatic carbocycles. The minimum absolute atomic E-state index is 0.932. The molecule has 3 heteroatoms. The highest BCUT2D eigenvalue weighted by atomic mass is 15.2. The molecule has 3 aromatic rings. The van der Waals surface area contributed by atoms with E-state index in [1.165, 1.54) is 11.1 Å². The summed E-state index contributed by atoms with van der Waals surface area (Å²) < 4.78 is 0. The summed E-state index contributed by atoms with van der Waals surface area (Å²) in [5.41, 5.74) is 8.16. The van der Waals surface area contributed by atoms with Crippen molar-refractivity contribution < 1.29 is 0 Å². The zero-order valence-corrected chi connectivity index (χ0v) is 12.1. The molecule has 0 fully saturated rings. The molecular formula is C18H19N3. The van der Waals surface area contributed by atoms with Gasteiger partial charge in [-0.05, 0) is 35.7 Å². The minimum atomic E-state index is 0.932. The Hall–Kier alpha value is -2.39. The largest absolute Gasteiger partial charge is 0.323 e. The molecule has 3 N–H and O–H groups in total. The summed E-state index contributed by atoms with van der Waals surface area (Å²) in [6, 6.07) is 18.7. The Labute approximate surface area is 124 Å². The summed E-state index contributed by atoms with van der Waals surface area (Å²) in [7, 11) is 0. The molecular weight excluding hydrogens is 258 g/mol. The number of nitrogen functional groups attached to an aromatic ring is 1. The first-order valence-electron chi connectivity index (χ1n) is 7.27. The molecule has 0 radical (unpaired) electrons. The number of anilines is 1. The van der Waals surface area contributed by atoms with Crippen molar-refractivity contribution in [2.75, 3.05) is 5.43 Å². The van der Waals surface area contributed by atoms with E-state index >= 15 is 0 Å². The maximum absolute atomic E-state index is 5.69. The first-order valence-corrected chi connectivity index (χ1v) is 7.27. The van der Waals surface area contributed by atoms with Crippen LogP contribution < -0.4 is 11.3 Å². The fourth-order valence-corrected chi connectivity index (χ4v) is 2.59. The maximum Gasteiger partial charge on any atom is 0.0727 e. The number of aryl methyl sites for hydroxylation is 1. The third-order valence-corrected chi connectivity index (χ3v) is 3.63. The highest BCUT2D eigenvalue weighted by molar-refractivity contribution is 5.94. The number of pyridine rings is 1. The summed E-state index contributed by atoms with van der Waals surface area (Å²) in [4.78, 5) is 4.71. The lowest BCUT2D eigenvalue weighted by Gasteiger charge is -2.10. The highest BCUT2D eigenvalue weighted by Crippen LogP contribution is 2.28. The Balaban J connectivity index is 2.15. The van der Waals surface area contributed by atoms with Gasteiger partial charge in [0.1, 0.15) is 0 Å². The molecule has 0 aliphatic carbocycles. The average molecular weight is 277 g/mol. The Kier molecular flexibility index (Phi) is 3.84. The normalized spacial score (nSPS) is 10.8. The van der Waals surface area contributed by atoms with E-state index in [0.29, 0.717) is 0 Å². The number of aromatic nitrogens is 1. The molecule has 1 heterocycles. The van der Waals surface area contributed by atoms with Crippen LogP contribution in [0.25, 0.3) is 22.0 Å². The number of rotatable bonds is 4. The summed E-state index contributed by atoms with van der Waals surface area (Å²) >= 11 is 0. The van der Waals surface area contributed by atoms with Crippen molar-refractivity contribution in [2.24, 2.45) is 5.84 Å². The lowest BCUT2D eigenvalue weighted by molar-refractivity contribution is 0.890. The molecule has 0 unspecified atom stereocenters. The molecule has 0 amide bonds. The number of benzene rings is 2. The second-order valence-electron chi connectivity index (χ2n) is 5.15. The molecule has 21 heavy (non-hydrogen) atoms. The molecule has 3 rings (SSSR count). The number of nitrogens with zero attached hydrogens (tertiary/aromatic N) is 1. The predicted octanol–water partition coefficient (Wildman–Crippen LogP) is 4.14. The van der Waals surface area contributed by atoms with Crippen molar-refractivity contribution in [3.8, 4) is 11.1 Å². The van der Waals surface area contributed by atoms with Gasteiger partial charge >= 0.3 is 0 Å². The molecule has 106 valence electrons. The van der Waals surface area contributed by atoms with Gasteiger partial charge in [0.05, 0.1) is 11.2 Å². The molecule has 0 aliphatic rings. The summed E-state index contributed by atoms with van der Waals surface area (Å²) in [5, 5.41) is 1.05. The van der Waals surface area contributed by atoms with E-state index in [1.807, 2.05) is 24.3 Å². The summed E-state index contributed by atoms with van der Waals surface area (Å²) in [6.45, 7) is 2.15. The van der Waals surface area contributed by atoms with Crippen LogP contribution in [0.3, 0.4) is 0 Å². The van der Waals surface area contributed by atoms with Gasteiger partial charge in [-0.2, -0.15) is 0 Å². The third-order valence-electron chi connectivity index (χ3n) is 3.63. The van der Waals surface area contributed by atoms with Gasteiger partial charge in [0, 0.05) is 11.1 Å². The monoisotopic (exact) mass is 277 g/mol. The van der Waals surface area contributed by atoms with E-state index < -0.39 is 0 Å². The Morgan fingerprint density at radius 3 is 2.52 bits per heavy atom. The number of hydrogen-bond donors (Lipinski definition) is 2. The maximum atomic E-state index is 5.69. The molecule has 1 aromatic heterocycles. The van der Waals surface area contributed by atoms with Crippen LogP contribution in [0.2, 0.25) is 0 Å². The van der Waals surface area contributed by atoms with E-state index in [9.17, 15) is 0 Å². The fourth-order valence-electron chi connectivity index (χ4n) is 2.59. The van der Waals surface area contributed by atoms with Crippen molar-refractivity contribution >= 4 is 16.6 Å². The molecule has 0 atom stereocenters. The summed E-state index contributed by atoms with van der Waals surface area (Å²) in [6.07, 6.45) is 2.04. The van der Waals surface area contributed by atoms with Crippen LogP contribution in [0.5, 0.6) is 0 Å². The Morgan fingerprint density at radius 1 is 1.00 bits per heavy atom. The lowest BCUT2D eigenvalue weighted by atomic mass is 10.0. The van der Waals surface area contributed by atoms with Crippen LogP contribution in [0.1, 0.15) is 19.0 Å². The van der Waals surface area contributed by atoms with Gasteiger partial charge in [0.25, 0.3) is 0 Å². The topological polar surface area (TPSA) is 50.9 Å². The predicted molar refractivity (Wildman–Crippen MR) is 89.0 cm³/mol. The number of hydrogen-bond acceptors (Lipinski definition) is 3. The number of nitrogens with one attached hydrogen (secondary N) is 1. The molecule has 0 saturated carbocycles. The minimum Gasteiger partial charge on any atom is -0.323 e. The zero-order valence-electron chi connectivity index (χ0n) is 12.1. The van der Waals surface area contributed by atoms with Crippen molar-refractivity contribution in [1.29, 1.82) is 0 Å². The van der Waals surface area contributed by atoms with Crippen LogP contribution in [-0.2, 0) is 6.42 Å². The van der Waals surface area contributed by atoms with Gasteiger partial charge < -0.3 is 5.43 Å². The first-order chi connectivity index (χ1) is 10.3. The molecule has 0 aliphatic heterocycles. The van der Waals surface area contributed by atoms with Crippen molar-refractivity contribution in [1.82, 2.24) is 4.98 Å². The van der Waals surface area contributed by atoms with Crippen LogP contribution in [0.15, 0.2) is 54.6 Å². The lowest BCUT2D eigenvalue weighted by Crippen LogP contribution is -2.08. The van der Waals surface area contributed by atoms with Gasteiger partial charge in [-0.3, -0.25) is 10.8 Å². The highest BCUT2D eigenvalue weighted by Gasteiger charge is 2.07. The van der Waals surface area contributed by atoms with Crippen LogP contribution in [-0.4, -0.2) is 4.98 Å². The van der Waals surface area contributed by atoms with Gasteiger partial charge in [-0.25, -0.2) is 0 Å². The number of hydrazine groups is 1. The van der Waals surface area contributed by atoms with Crippen molar-refractivity contribution in [3.05, 3.63) is 60.3 Å². The van der Waals surface area contributed by atoms with Crippen LogP contribution >= 0.6 is 0 Å². The van der Waals surface area contributed by atoms with E-state index in [4.69, 9.17) is 10.8 Å². The quantitative estimate of drug-likeness (QED) is 0.556. The average Bonchev–Trinajstić information content (AvgIpc) is 2.55. The number of nitrogens with two attached hydrogens (primary N) is 1. The van der Waals surface area contributed by atoms with Gasteiger partial charge in [0.2, 0.25) is 0 Å². The van der Waals surface area contributed by atoms with Gasteiger partial charge in [0.15, 0.2) is 0 Å². The smallest absolute Gasteiger partial charge is 0.0727 e. The first kappa shape index (κ1) is 13.6. The van der Waals surface area contributed by atoms with E-state index in [0.717, 1.165) is 35.1 Å². The van der Waals surface area contributed by atoms with Gasteiger partial charge in [-0.1, -0.05) is 49.7 Å². The molecule has 3 nitrogen and oxygen atoms in total. The second kappa shape index (κ2) is 5.94. The van der Waals surface area contributed by atoms with Crippen LogP contribution in [0.4, 0.5) is 5.69 Å². The fraction of sp³-hybridized carbons (Fsp3) is 0.167.